The molecule has 0 saturated heterocycles. The summed E-state index contributed by atoms with van der Waals surface area (Å²) in [5.41, 5.74) is 1.29. The first-order chi connectivity index (χ1) is 7.92. The maximum absolute atomic E-state index is 3.74. The maximum atomic E-state index is 3.74. The van der Waals surface area contributed by atoms with E-state index in [1.54, 1.807) is 0 Å². The average molecular weight is 253 g/mol. The van der Waals surface area contributed by atoms with Crippen molar-refractivity contribution < 1.29 is 0 Å². The lowest BCUT2D eigenvalue weighted by Crippen LogP contribution is -2.36. The van der Waals surface area contributed by atoms with Crippen LogP contribution >= 0.6 is 10.8 Å². The van der Waals surface area contributed by atoms with Crippen LogP contribution in [-0.4, -0.2) is 6.04 Å². The summed E-state index contributed by atoms with van der Waals surface area (Å²) in [7, 11) is 2.03. The Morgan fingerprint density at radius 2 is 2.00 bits per heavy atom. The Hall–Kier alpha value is -0.320. The molecular weight excluding hydrogens is 236 g/mol. The Balaban J connectivity index is 1.59. The van der Waals surface area contributed by atoms with Gasteiger partial charge >= 0.3 is 0 Å². The van der Waals surface area contributed by atoms with E-state index in [-0.39, 0.29) is 10.3 Å². The molecule has 1 saturated carbocycles. The number of nitrogens with one attached hydrogen (secondary N) is 2. The lowest BCUT2D eigenvalue weighted by molar-refractivity contribution is 0.423. The molecule has 2 nitrogen and oxygen atoms in total. The van der Waals surface area contributed by atoms with E-state index in [4.69, 9.17) is 0 Å². The Bertz CT molecular complexity index is 339. The van der Waals surface area contributed by atoms with Crippen molar-refractivity contribution >= 4 is 26.8 Å². The minimum absolute atomic E-state index is 0.0953. The van der Waals surface area contributed by atoms with Gasteiger partial charge in [0.1, 0.15) is 5.69 Å². The maximum Gasteiger partial charge on any atom is 0.270 e. The molecule has 1 aliphatic carbocycles. The van der Waals surface area contributed by atoms with Crippen molar-refractivity contribution in [3.05, 3.63) is 24.3 Å². The third-order valence-corrected chi connectivity index (χ3v) is 6.37. The third kappa shape index (κ3) is 2.34. The molecule has 1 aromatic carbocycles. The Morgan fingerprint density at radius 3 is 2.81 bits per heavy atom. The Morgan fingerprint density at radius 1 is 1.19 bits per heavy atom. The monoisotopic (exact) mass is 253 g/mol. The molecular formula is C12H17N2S2+. The predicted molar refractivity (Wildman–Crippen MR) is 73.3 cm³/mol. The van der Waals surface area contributed by atoms with Crippen LogP contribution in [0.3, 0.4) is 0 Å². The summed E-state index contributed by atoms with van der Waals surface area (Å²) in [6.45, 7) is 0. The van der Waals surface area contributed by atoms with Crippen LogP contribution in [0.4, 0.5) is 5.69 Å². The second-order valence-electron chi connectivity index (χ2n) is 4.40. The zero-order valence-electron chi connectivity index (χ0n) is 9.24. The van der Waals surface area contributed by atoms with Gasteiger partial charge in [-0.1, -0.05) is 36.1 Å². The van der Waals surface area contributed by atoms with Gasteiger partial charge in [0.2, 0.25) is 0 Å². The molecule has 1 atom stereocenters. The largest absolute Gasteiger partial charge is 0.270 e. The summed E-state index contributed by atoms with van der Waals surface area (Å²) in [4.78, 5) is 1.38. The zero-order valence-corrected chi connectivity index (χ0v) is 10.9. The SMILES string of the molecule is c1ccc2c(c1)N[S+](NC1CCCCC1)S2. The minimum atomic E-state index is 0.0953. The smallest absolute Gasteiger partial charge is 0.176 e. The van der Waals surface area contributed by atoms with Crippen LogP contribution < -0.4 is 9.44 Å². The quantitative estimate of drug-likeness (QED) is 0.623. The summed E-state index contributed by atoms with van der Waals surface area (Å²) in [5.74, 6) is 0. The molecule has 2 N–H and O–H groups in total. The van der Waals surface area contributed by atoms with Crippen LogP contribution in [0.25, 0.3) is 0 Å². The first-order valence-corrected chi connectivity index (χ1v) is 8.52. The number of anilines is 1. The highest BCUT2D eigenvalue weighted by Crippen LogP contribution is 2.40. The van der Waals surface area contributed by atoms with Crippen molar-refractivity contribution in [1.82, 2.24) is 4.72 Å². The van der Waals surface area contributed by atoms with Crippen LogP contribution in [0.15, 0.2) is 29.2 Å². The van der Waals surface area contributed by atoms with Gasteiger partial charge in [-0.25, -0.2) is 0 Å². The summed E-state index contributed by atoms with van der Waals surface area (Å²) in [6.07, 6.45) is 6.91. The van der Waals surface area contributed by atoms with Crippen molar-refractivity contribution in [2.45, 2.75) is 43.0 Å². The molecule has 3 rings (SSSR count). The summed E-state index contributed by atoms with van der Waals surface area (Å²) in [5, 5.41) is 0. The van der Waals surface area contributed by atoms with E-state index < -0.39 is 0 Å². The van der Waals surface area contributed by atoms with Crippen LogP contribution in [0, 0.1) is 0 Å². The van der Waals surface area contributed by atoms with Gasteiger partial charge in [-0.2, -0.15) is 4.72 Å². The summed E-state index contributed by atoms with van der Waals surface area (Å²) in [6, 6.07) is 9.30. The van der Waals surface area contributed by atoms with E-state index >= 15 is 0 Å². The van der Waals surface area contributed by atoms with E-state index in [2.05, 4.69) is 33.7 Å². The van der Waals surface area contributed by atoms with Crippen LogP contribution in [0.5, 0.6) is 0 Å². The molecule has 4 heteroatoms. The predicted octanol–water partition coefficient (Wildman–Crippen LogP) is 3.49. The Kier molecular flexibility index (Phi) is 3.31. The summed E-state index contributed by atoms with van der Waals surface area (Å²) < 4.78 is 7.31. The topological polar surface area (TPSA) is 24.1 Å². The first kappa shape index (κ1) is 10.8. The number of hydrogen-bond acceptors (Lipinski definition) is 3. The molecule has 1 aromatic rings. The molecule has 86 valence electrons. The zero-order chi connectivity index (χ0) is 10.8. The second-order valence-corrected chi connectivity index (χ2v) is 7.49. The lowest BCUT2D eigenvalue weighted by atomic mass is 9.96. The van der Waals surface area contributed by atoms with Crippen molar-refractivity contribution in [1.29, 1.82) is 0 Å². The number of para-hydroxylation sites is 1. The van der Waals surface area contributed by atoms with Crippen LogP contribution in [-0.2, 0) is 10.3 Å². The number of fused-ring (bicyclic) bond motifs is 1. The van der Waals surface area contributed by atoms with Crippen molar-refractivity contribution in [3.8, 4) is 0 Å². The molecule has 0 radical (unpaired) electrons. The molecule has 1 aliphatic heterocycles. The molecule has 1 fully saturated rings. The molecule has 0 spiro atoms. The average Bonchev–Trinajstić information content (AvgIpc) is 2.72. The van der Waals surface area contributed by atoms with E-state index in [1.165, 1.54) is 42.7 Å². The molecule has 0 aromatic heterocycles. The van der Waals surface area contributed by atoms with Crippen LogP contribution in [0.1, 0.15) is 32.1 Å². The van der Waals surface area contributed by atoms with E-state index in [0.29, 0.717) is 0 Å². The van der Waals surface area contributed by atoms with Gasteiger partial charge in [-0.05, 0) is 25.0 Å². The lowest BCUT2D eigenvalue weighted by Gasteiger charge is -2.19. The van der Waals surface area contributed by atoms with Gasteiger partial charge in [-0.3, -0.25) is 0 Å². The standard InChI is InChI=1S/C12H16N2S2/c1-2-6-10(7-3-1)13-16-14-11-8-4-5-9-12(11)15-16/h4-5,8-10H,1-3,6-7H2,(H,13,14)/p+1. The van der Waals surface area contributed by atoms with E-state index in [9.17, 15) is 0 Å². The highest BCUT2D eigenvalue weighted by molar-refractivity contribution is 8.74. The fraction of sp³-hybridized carbons (Fsp3) is 0.500. The molecule has 2 aliphatic rings. The van der Waals surface area contributed by atoms with Crippen molar-refractivity contribution in [3.63, 3.8) is 0 Å². The molecule has 0 bridgehead atoms. The molecule has 0 amide bonds. The number of rotatable bonds is 2. The fourth-order valence-electron chi connectivity index (χ4n) is 2.26. The van der Waals surface area contributed by atoms with Crippen molar-refractivity contribution in [2.24, 2.45) is 0 Å². The van der Waals surface area contributed by atoms with E-state index in [1.807, 2.05) is 10.8 Å². The fourth-order valence-corrected chi connectivity index (χ4v) is 5.83. The van der Waals surface area contributed by atoms with Gasteiger partial charge in [0, 0.05) is 0 Å². The Labute approximate surface area is 104 Å². The molecule has 16 heavy (non-hydrogen) atoms. The van der Waals surface area contributed by atoms with Gasteiger partial charge < -0.3 is 0 Å². The minimum Gasteiger partial charge on any atom is -0.176 e. The first-order valence-electron chi connectivity index (χ1n) is 5.96. The second kappa shape index (κ2) is 4.90. The van der Waals surface area contributed by atoms with Gasteiger partial charge in [0.25, 0.3) is 10.3 Å². The third-order valence-electron chi connectivity index (χ3n) is 3.14. The normalized spacial score (nSPS) is 25.1. The van der Waals surface area contributed by atoms with Gasteiger partial charge in [0.15, 0.2) is 10.8 Å². The highest BCUT2D eigenvalue weighted by atomic mass is 33.1. The number of hydrogen-bond donors (Lipinski definition) is 2. The van der Waals surface area contributed by atoms with Gasteiger partial charge in [-0.15, -0.1) is 0 Å². The number of benzene rings is 1. The molecule has 1 unspecified atom stereocenters. The molecule has 1 heterocycles. The highest BCUT2D eigenvalue weighted by Gasteiger charge is 2.35. The summed E-state index contributed by atoms with van der Waals surface area (Å²) >= 11 is 0. The van der Waals surface area contributed by atoms with Crippen molar-refractivity contribution in [2.75, 3.05) is 4.72 Å². The van der Waals surface area contributed by atoms with Crippen LogP contribution in [0.2, 0.25) is 0 Å². The van der Waals surface area contributed by atoms with E-state index in [0.717, 1.165) is 6.04 Å². The van der Waals surface area contributed by atoms with Gasteiger partial charge in [0.05, 0.1) is 10.9 Å².